The van der Waals surface area contributed by atoms with Crippen molar-refractivity contribution in [2.45, 2.75) is 13.3 Å². The van der Waals surface area contributed by atoms with Gasteiger partial charge >= 0.3 is 0 Å². The van der Waals surface area contributed by atoms with Gasteiger partial charge in [0.25, 0.3) is 0 Å². The second-order valence-corrected chi connectivity index (χ2v) is 4.81. The number of Topliss-reactive ketones (excluding diaryl/α,β-unsaturated/α-hetero) is 1. The summed E-state index contributed by atoms with van der Waals surface area (Å²) in [4.78, 5) is 11.3. The molecule has 21 heavy (non-hydrogen) atoms. The maximum Gasteiger partial charge on any atom is 0.161 e. The van der Waals surface area contributed by atoms with Gasteiger partial charge in [0.15, 0.2) is 5.78 Å². The number of nitrogen functional groups attached to an aromatic ring is 1. The lowest BCUT2D eigenvalue weighted by molar-refractivity contribution is 0.101. The highest BCUT2D eigenvalue weighted by Crippen LogP contribution is 2.18. The zero-order valence-corrected chi connectivity index (χ0v) is 11.6. The number of nitrogens with two attached hydrogens (primary N) is 1. The molecule has 0 bridgehead atoms. The first-order valence-corrected chi connectivity index (χ1v) is 6.55. The number of halogens is 2. The molecule has 0 aliphatic rings. The van der Waals surface area contributed by atoms with Crippen LogP contribution in [0.2, 0.25) is 0 Å². The average Bonchev–Trinajstić information content (AvgIpc) is 2.37. The number of nitrogens with one attached hydrogen (secondary N) is 1. The van der Waals surface area contributed by atoms with Gasteiger partial charge in [0.1, 0.15) is 11.6 Å². The summed E-state index contributed by atoms with van der Waals surface area (Å²) >= 11 is 0. The Kier molecular flexibility index (Phi) is 4.52. The van der Waals surface area contributed by atoms with Crippen LogP contribution >= 0.6 is 0 Å². The van der Waals surface area contributed by atoms with Crippen molar-refractivity contribution in [3.05, 3.63) is 59.2 Å². The van der Waals surface area contributed by atoms with Crippen LogP contribution in [0.3, 0.4) is 0 Å². The second-order valence-electron chi connectivity index (χ2n) is 4.81. The van der Waals surface area contributed by atoms with E-state index < -0.39 is 11.6 Å². The lowest BCUT2D eigenvalue weighted by Crippen LogP contribution is -2.07. The number of ketones is 1. The number of carbonyl (C=O) groups is 1. The third-order valence-corrected chi connectivity index (χ3v) is 3.10. The number of carbonyl (C=O) groups excluding carboxylic acids is 1. The van der Waals surface area contributed by atoms with Crippen LogP contribution in [-0.2, 0) is 6.42 Å². The molecule has 0 radical (unpaired) electrons. The van der Waals surface area contributed by atoms with Crippen molar-refractivity contribution in [1.29, 1.82) is 0 Å². The highest BCUT2D eigenvalue weighted by molar-refractivity contribution is 5.99. The summed E-state index contributed by atoms with van der Waals surface area (Å²) in [5.41, 5.74) is 8.01. The Morgan fingerprint density at radius 3 is 2.38 bits per heavy atom. The maximum absolute atomic E-state index is 13.0. The van der Waals surface area contributed by atoms with Crippen molar-refractivity contribution in [2.75, 3.05) is 17.6 Å². The van der Waals surface area contributed by atoms with Crippen LogP contribution in [0.5, 0.6) is 0 Å². The highest BCUT2D eigenvalue weighted by Gasteiger charge is 2.05. The Morgan fingerprint density at radius 1 is 1.14 bits per heavy atom. The molecular formula is C16H16F2N2O. The Balaban J connectivity index is 1.97. The Labute approximate surface area is 121 Å². The van der Waals surface area contributed by atoms with E-state index in [1.807, 2.05) is 0 Å². The molecule has 0 saturated carbocycles. The molecule has 5 heteroatoms. The van der Waals surface area contributed by atoms with Crippen molar-refractivity contribution < 1.29 is 13.6 Å². The number of rotatable bonds is 5. The molecule has 2 aromatic carbocycles. The number of anilines is 2. The van der Waals surface area contributed by atoms with Gasteiger partial charge in [0.05, 0.1) is 0 Å². The summed E-state index contributed by atoms with van der Waals surface area (Å²) in [7, 11) is 0. The van der Waals surface area contributed by atoms with Crippen molar-refractivity contribution >= 4 is 17.2 Å². The first-order chi connectivity index (χ1) is 9.95. The fraction of sp³-hybridized carbons (Fsp3) is 0.188. The molecular weight excluding hydrogens is 274 g/mol. The first kappa shape index (κ1) is 15.0. The Bertz CT molecular complexity index is 651. The minimum absolute atomic E-state index is 0.0886. The standard InChI is InChI=1S/C16H16F2N2O/c1-10(21)15-3-2-14(9-16(15)19)20-5-4-11-6-12(17)8-13(18)7-11/h2-3,6-9,20H,4-5,19H2,1H3. The Morgan fingerprint density at radius 2 is 1.81 bits per heavy atom. The number of hydrogen-bond donors (Lipinski definition) is 2. The molecule has 0 aromatic heterocycles. The minimum Gasteiger partial charge on any atom is -0.398 e. The van der Waals surface area contributed by atoms with Gasteiger partial charge in [0.2, 0.25) is 0 Å². The summed E-state index contributed by atoms with van der Waals surface area (Å²) in [5, 5.41) is 3.10. The van der Waals surface area contributed by atoms with E-state index in [4.69, 9.17) is 5.73 Å². The van der Waals surface area contributed by atoms with Crippen molar-refractivity contribution in [3.8, 4) is 0 Å². The molecule has 0 amide bonds. The van der Waals surface area contributed by atoms with Gasteiger partial charge in [-0.3, -0.25) is 4.79 Å². The molecule has 3 N–H and O–H groups in total. The lowest BCUT2D eigenvalue weighted by atomic mass is 10.1. The molecule has 2 rings (SSSR count). The van der Waals surface area contributed by atoms with E-state index in [1.165, 1.54) is 19.1 Å². The third kappa shape index (κ3) is 4.02. The van der Waals surface area contributed by atoms with Crippen LogP contribution in [-0.4, -0.2) is 12.3 Å². The summed E-state index contributed by atoms with van der Waals surface area (Å²) in [6.45, 7) is 1.96. The van der Waals surface area contributed by atoms with Crippen molar-refractivity contribution in [3.63, 3.8) is 0 Å². The number of hydrogen-bond acceptors (Lipinski definition) is 3. The monoisotopic (exact) mass is 290 g/mol. The van der Waals surface area contributed by atoms with E-state index in [0.717, 1.165) is 11.8 Å². The van der Waals surface area contributed by atoms with Crippen LogP contribution < -0.4 is 11.1 Å². The van der Waals surface area contributed by atoms with E-state index in [2.05, 4.69) is 5.32 Å². The Hall–Kier alpha value is -2.43. The molecule has 0 fully saturated rings. The van der Waals surface area contributed by atoms with Crippen LogP contribution in [0.15, 0.2) is 36.4 Å². The maximum atomic E-state index is 13.0. The molecule has 2 aromatic rings. The van der Waals surface area contributed by atoms with Crippen LogP contribution in [0.25, 0.3) is 0 Å². The molecule has 0 spiro atoms. The highest BCUT2D eigenvalue weighted by atomic mass is 19.1. The lowest BCUT2D eigenvalue weighted by Gasteiger charge is -2.09. The molecule has 3 nitrogen and oxygen atoms in total. The molecule has 0 heterocycles. The molecule has 110 valence electrons. The first-order valence-electron chi connectivity index (χ1n) is 6.55. The SMILES string of the molecule is CC(=O)c1ccc(NCCc2cc(F)cc(F)c2)cc1N. The molecule has 0 atom stereocenters. The van der Waals surface area contributed by atoms with Crippen molar-refractivity contribution in [2.24, 2.45) is 0 Å². The summed E-state index contributed by atoms with van der Waals surface area (Å²) in [6, 6.07) is 8.53. The quantitative estimate of drug-likeness (QED) is 0.655. The largest absolute Gasteiger partial charge is 0.398 e. The summed E-state index contributed by atoms with van der Waals surface area (Å²) in [5.74, 6) is -1.26. The van der Waals surface area contributed by atoms with Gasteiger partial charge in [-0.2, -0.15) is 0 Å². The minimum atomic E-state index is -0.583. The van der Waals surface area contributed by atoms with E-state index in [0.29, 0.717) is 29.8 Å². The van der Waals surface area contributed by atoms with Crippen molar-refractivity contribution in [1.82, 2.24) is 0 Å². The zero-order valence-electron chi connectivity index (χ0n) is 11.6. The fourth-order valence-corrected chi connectivity index (χ4v) is 2.10. The summed E-state index contributed by atoms with van der Waals surface area (Å²) in [6.07, 6.45) is 0.475. The van der Waals surface area contributed by atoms with E-state index >= 15 is 0 Å². The average molecular weight is 290 g/mol. The zero-order chi connectivity index (χ0) is 15.4. The smallest absolute Gasteiger partial charge is 0.161 e. The van der Waals surface area contributed by atoms with Gasteiger partial charge in [-0.05, 0) is 49.2 Å². The van der Waals surface area contributed by atoms with E-state index in [1.54, 1.807) is 18.2 Å². The predicted octanol–water partition coefficient (Wildman–Crippen LogP) is 3.40. The fourth-order valence-electron chi connectivity index (χ4n) is 2.10. The van der Waals surface area contributed by atoms with Crippen LogP contribution in [0, 0.1) is 11.6 Å². The molecule has 0 aliphatic carbocycles. The molecule has 0 unspecified atom stereocenters. The third-order valence-electron chi connectivity index (χ3n) is 3.10. The van der Waals surface area contributed by atoms with Gasteiger partial charge < -0.3 is 11.1 Å². The topological polar surface area (TPSA) is 55.1 Å². The van der Waals surface area contributed by atoms with Gasteiger partial charge in [-0.25, -0.2) is 8.78 Å². The molecule has 0 saturated heterocycles. The van der Waals surface area contributed by atoms with Gasteiger partial charge in [-0.15, -0.1) is 0 Å². The van der Waals surface area contributed by atoms with Crippen LogP contribution in [0.4, 0.5) is 20.2 Å². The van der Waals surface area contributed by atoms with E-state index in [-0.39, 0.29) is 5.78 Å². The predicted molar refractivity (Wildman–Crippen MR) is 79.4 cm³/mol. The number of benzene rings is 2. The van der Waals surface area contributed by atoms with E-state index in [9.17, 15) is 13.6 Å². The second kappa shape index (κ2) is 6.35. The van der Waals surface area contributed by atoms with Gasteiger partial charge in [0, 0.05) is 29.5 Å². The molecule has 0 aliphatic heterocycles. The van der Waals surface area contributed by atoms with Gasteiger partial charge in [-0.1, -0.05) is 0 Å². The normalized spacial score (nSPS) is 10.4. The summed E-state index contributed by atoms with van der Waals surface area (Å²) < 4.78 is 26.1. The van der Waals surface area contributed by atoms with Crippen LogP contribution in [0.1, 0.15) is 22.8 Å².